The molecule has 1 aliphatic rings. The average molecular weight is 494 g/mol. The molecule has 0 saturated carbocycles. The van der Waals surface area contributed by atoms with Gasteiger partial charge < -0.3 is 15.4 Å². The Labute approximate surface area is 203 Å². The molecular formula is C24H18ClF2N7O. The number of halogens is 3. The number of hydrogen-bond acceptors (Lipinski definition) is 8. The maximum absolute atomic E-state index is 14.5. The summed E-state index contributed by atoms with van der Waals surface area (Å²) < 4.78 is 34.8. The van der Waals surface area contributed by atoms with Gasteiger partial charge in [-0.05, 0) is 48.9 Å². The third-order valence-electron chi connectivity index (χ3n) is 5.31. The highest BCUT2D eigenvalue weighted by Crippen LogP contribution is 2.32. The van der Waals surface area contributed by atoms with Crippen molar-refractivity contribution in [3.05, 3.63) is 83.5 Å². The molecule has 1 atom stereocenters. The van der Waals surface area contributed by atoms with Crippen molar-refractivity contribution in [1.29, 1.82) is 0 Å². The number of hydrogen-bond donors (Lipinski definition) is 2. The van der Waals surface area contributed by atoms with E-state index in [0.717, 1.165) is 12.1 Å². The van der Waals surface area contributed by atoms with Gasteiger partial charge in [-0.25, -0.2) is 23.7 Å². The lowest BCUT2D eigenvalue weighted by Crippen LogP contribution is -2.20. The minimum atomic E-state index is -0.671. The Hall–Kier alpha value is -4.18. The number of rotatable bonds is 6. The van der Waals surface area contributed by atoms with E-state index in [1.165, 1.54) is 0 Å². The molecule has 0 fully saturated rings. The lowest BCUT2D eigenvalue weighted by molar-refractivity contribution is 0.422. The largest absolute Gasteiger partial charge is 0.439 e. The minimum absolute atomic E-state index is 0.0478. The highest BCUT2D eigenvalue weighted by Gasteiger charge is 2.19. The second kappa shape index (κ2) is 9.59. The average Bonchev–Trinajstić information content (AvgIpc) is 2.89. The van der Waals surface area contributed by atoms with Crippen molar-refractivity contribution in [3.8, 4) is 17.1 Å². The predicted molar refractivity (Wildman–Crippen MR) is 129 cm³/mol. The van der Waals surface area contributed by atoms with Crippen LogP contribution in [0.15, 0.2) is 66.7 Å². The van der Waals surface area contributed by atoms with E-state index in [1.54, 1.807) is 37.7 Å². The molecule has 1 aromatic carbocycles. The van der Waals surface area contributed by atoms with Crippen molar-refractivity contribution in [2.45, 2.75) is 12.5 Å². The SMILES string of the molecule is CNc1nccc(-c2cccnc2OC2=CCC(Nc3nnc(Cl)c4c(F)ccc(F)c34)C=C2)n1. The van der Waals surface area contributed by atoms with E-state index in [0.29, 0.717) is 35.3 Å². The van der Waals surface area contributed by atoms with Crippen molar-refractivity contribution in [1.82, 2.24) is 25.1 Å². The van der Waals surface area contributed by atoms with E-state index >= 15 is 0 Å². The van der Waals surface area contributed by atoms with Crippen molar-refractivity contribution in [2.24, 2.45) is 0 Å². The fourth-order valence-electron chi connectivity index (χ4n) is 3.65. The van der Waals surface area contributed by atoms with Gasteiger partial charge in [-0.3, -0.25) is 0 Å². The monoisotopic (exact) mass is 493 g/mol. The smallest absolute Gasteiger partial charge is 0.228 e. The zero-order chi connectivity index (χ0) is 24.4. The van der Waals surface area contributed by atoms with Crippen LogP contribution >= 0.6 is 11.6 Å². The van der Waals surface area contributed by atoms with Gasteiger partial charge >= 0.3 is 0 Å². The first kappa shape index (κ1) is 22.6. The van der Waals surface area contributed by atoms with E-state index in [2.05, 4.69) is 35.8 Å². The Morgan fingerprint density at radius 2 is 1.86 bits per heavy atom. The molecule has 0 spiro atoms. The second-order valence-electron chi connectivity index (χ2n) is 7.54. The van der Waals surface area contributed by atoms with Gasteiger partial charge in [-0.1, -0.05) is 17.7 Å². The summed E-state index contributed by atoms with van der Waals surface area (Å²) in [6, 6.07) is 7.22. The van der Waals surface area contributed by atoms with E-state index in [4.69, 9.17) is 16.3 Å². The topological polar surface area (TPSA) is 97.7 Å². The number of anilines is 2. The van der Waals surface area contributed by atoms with Gasteiger partial charge in [-0.2, -0.15) is 0 Å². The number of allylic oxidation sites excluding steroid dienone is 1. The standard InChI is InChI=1S/C24H18ClF2N7O/c1-28-24-30-12-10-18(32-24)15-3-2-11-29-23(15)35-14-6-4-13(5-7-14)31-22-20-17(27)9-8-16(26)19(20)21(25)33-34-22/h2-4,6-13H,5H2,1H3,(H,31,34)(H,28,30,32). The first-order chi connectivity index (χ1) is 17.0. The summed E-state index contributed by atoms with van der Waals surface area (Å²) in [6.07, 6.45) is 9.24. The zero-order valence-corrected chi connectivity index (χ0v) is 19.1. The zero-order valence-electron chi connectivity index (χ0n) is 18.3. The maximum atomic E-state index is 14.5. The van der Waals surface area contributed by atoms with Crippen molar-refractivity contribution in [3.63, 3.8) is 0 Å². The molecule has 0 aliphatic heterocycles. The van der Waals surface area contributed by atoms with Crippen LogP contribution in [0.1, 0.15) is 6.42 Å². The van der Waals surface area contributed by atoms with Crippen LogP contribution < -0.4 is 15.4 Å². The molecule has 3 heterocycles. The Morgan fingerprint density at radius 1 is 1.03 bits per heavy atom. The third-order valence-corrected chi connectivity index (χ3v) is 5.58. The van der Waals surface area contributed by atoms with Gasteiger partial charge in [0.15, 0.2) is 11.0 Å². The van der Waals surface area contributed by atoms with Crippen LogP contribution in [0.25, 0.3) is 22.0 Å². The van der Waals surface area contributed by atoms with Crippen molar-refractivity contribution < 1.29 is 13.5 Å². The molecule has 5 rings (SSSR count). The van der Waals surface area contributed by atoms with Crippen LogP contribution in [0, 0.1) is 11.6 Å². The highest BCUT2D eigenvalue weighted by atomic mass is 35.5. The molecule has 1 unspecified atom stereocenters. The summed E-state index contributed by atoms with van der Waals surface area (Å²) in [4.78, 5) is 12.9. The molecule has 35 heavy (non-hydrogen) atoms. The van der Waals surface area contributed by atoms with Gasteiger partial charge in [0.05, 0.1) is 22.0 Å². The number of nitrogens with zero attached hydrogens (tertiary/aromatic N) is 5. The fraction of sp³-hybridized carbons (Fsp3) is 0.125. The molecule has 2 N–H and O–H groups in total. The van der Waals surface area contributed by atoms with Gasteiger partial charge in [0.2, 0.25) is 11.8 Å². The Bertz CT molecular complexity index is 1470. The lowest BCUT2D eigenvalue weighted by atomic mass is 10.1. The van der Waals surface area contributed by atoms with Gasteiger partial charge in [0.25, 0.3) is 0 Å². The minimum Gasteiger partial charge on any atom is -0.439 e. The predicted octanol–water partition coefficient (Wildman–Crippen LogP) is 5.16. The Kier molecular flexibility index (Phi) is 6.19. The molecule has 11 heteroatoms. The lowest BCUT2D eigenvalue weighted by Gasteiger charge is -2.20. The van der Waals surface area contributed by atoms with Gasteiger partial charge in [-0.15, -0.1) is 10.2 Å². The number of benzene rings is 1. The molecule has 3 aromatic heterocycles. The number of pyridine rings is 1. The van der Waals surface area contributed by atoms with Crippen LogP contribution in [-0.4, -0.2) is 38.2 Å². The fourth-order valence-corrected chi connectivity index (χ4v) is 3.87. The molecule has 0 radical (unpaired) electrons. The summed E-state index contributed by atoms with van der Waals surface area (Å²) >= 11 is 5.95. The summed E-state index contributed by atoms with van der Waals surface area (Å²) in [5.41, 5.74) is 1.37. The Balaban J connectivity index is 1.34. The first-order valence-electron chi connectivity index (χ1n) is 10.6. The molecule has 0 amide bonds. The van der Waals surface area contributed by atoms with Gasteiger partial charge in [0, 0.05) is 25.5 Å². The first-order valence-corrected chi connectivity index (χ1v) is 11.0. The highest BCUT2D eigenvalue weighted by molar-refractivity contribution is 6.34. The number of aromatic nitrogens is 5. The van der Waals surface area contributed by atoms with E-state index in [1.807, 2.05) is 18.2 Å². The maximum Gasteiger partial charge on any atom is 0.228 e. The van der Waals surface area contributed by atoms with Crippen molar-refractivity contribution in [2.75, 3.05) is 17.7 Å². The van der Waals surface area contributed by atoms with Crippen LogP contribution in [0.4, 0.5) is 20.5 Å². The molecule has 0 saturated heterocycles. The molecule has 176 valence electrons. The second-order valence-corrected chi connectivity index (χ2v) is 7.90. The molecule has 0 bridgehead atoms. The van der Waals surface area contributed by atoms with Gasteiger partial charge in [0.1, 0.15) is 17.4 Å². The quantitative estimate of drug-likeness (QED) is 0.380. The summed E-state index contributed by atoms with van der Waals surface area (Å²) in [6.45, 7) is 0. The summed E-state index contributed by atoms with van der Waals surface area (Å²) in [5, 5.41) is 13.3. The van der Waals surface area contributed by atoms with Crippen LogP contribution in [0.2, 0.25) is 5.15 Å². The third kappa shape index (κ3) is 4.60. The van der Waals surface area contributed by atoms with E-state index in [9.17, 15) is 8.78 Å². The van der Waals surface area contributed by atoms with Crippen LogP contribution in [-0.2, 0) is 0 Å². The summed E-state index contributed by atoms with van der Waals surface area (Å²) in [5.74, 6) is 0.240. The molecule has 8 nitrogen and oxygen atoms in total. The molecule has 4 aromatic rings. The summed E-state index contributed by atoms with van der Waals surface area (Å²) in [7, 11) is 1.74. The van der Waals surface area contributed by atoms with Crippen LogP contribution in [0.5, 0.6) is 5.88 Å². The van der Waals surface area contributed by atoms with E-state index in [-0.39, 0.29) is 27.8 Å². The Morgan fingerprint density at radius 3 is 2.63 bits per heavy atom. The number of fused-ring (bicyclic) bond motifs is 1. The van der Waals surface area contributed by atoms with Crippen LogP contribution in [0.3, 0.4) is 0 Å². The van der Waals surface area contributed by atoms with E-state index < -0.39 is 11.6 Å². The number of ether oxygens (including phenoxy) is 1. The normalized spacial score (nSPS) is 15.1. The molecular weight excluding hydrogens is 476 g/mol. The van der Waals surface area contributed by atoms with Crippen molar-refractivity contribution >= 4 is 34.1 Å². The number of nitrogens with one attached hydrogen (secondary N) is 2. The molecule has 1 aliphatic carbocycles.